The van der Waals surface area contributed by atoms with Crippen molar-refractivity contribution in [3.05, 3.63) is 65.4 Å². The number of methoxy groups -OCH3 is 1. The molecule has 0 radical (unpaired) electrons. The predicted octanol–water partition coefficient (Wildman–Crippen LogP) is 3.65. The number of hydrogen-bond donors (Lipinski definition) is 2. The maximum atomic E-state index is 11.2. The monoisotopic (exact) mass is 354 g/mol. The second kappa shape index (κ2) is 7.19. The molecule has 0 atom stereocenters. The third-order valence-electron chi connectivity index (χ3n) is 3.56. The number of carbonyl (C=O) groups excluding carboxylic acids is 1. The Kier molecular flexibility index (Phi) is 4.81. The van der Waals surface area contributed by atoms with Crippen molar-refractivity contribution in [2.24, 2.45) is 5.73 Å². The molecule has 3 N–H and O–H groups in total. The molecule has 0 spiro atoms. The van der Waals surface area contributed by atoms with Crippen LogP contribution in [0.1, 0.15) is 10.4 Å². The first-order chi connectivity index (χ1) is 12.1. The molecule has 126 valence electrons. The summed E-state index contributed by atoms with van der Waals surface area (Å²) in [5, 5.41) is 3.40. The molecule has 0 bridgehead atoms. The van der Waals surface area contributed by atoms with Crippen LogP contribution in [0.15, 0.2) is 54.9 Å². The Morgan fingerprint density at radius 2 is 1.96 bits per heavy atom. The fourth-order valence-corrected chi connectivity index (χ4v) is 2.64. The van der Waals surface area contributed by atoms with Crippen LogP contribution in [0.5, 0.6) is 5.75 Å². The van der Waals surface area contributed by atoms with Crippen molar-refractivity contribution < 1.29 is 9.53 Å². The molecule has 0 saturated heterocycles. The third kappa shape index (κ3) is 3.70. The van der Waals surface area contributed by atoms with Crippen LogP contribution in [0.4, 0.5) is 11.5 Å². The van der Waals surface area contributed by atoms with Gasteiger partial charge in [0.05, 0.1) is 23.4 Å². The molecule has 0 unspecified atom stereocenters. The Hall–Kier alpha value is -3.12. The van der Waals surface area contributed by atoms with Gasteiger partial charge in [-0.2, -0.15) is 0 Å². The SMILES string of the molecule is COc1ccccc1-c1cc(Nc2ccc(C(N)=O)c(Cl)c2)ncn1. The fraction of sp³-hybridized carbons (Fsp3) is 0.0556. The van der Waals surface area contributed by atoms with Gasteiger partial charge < -0.3 is 15.8 Å². The van der Waals surface area contributed by atoms with E-state index in [0.29, 0.717) is 11.5 Å². The van der Waals surface area contributed by atoms with Crippen LogP contribution in [0.2, 0.25) is 5.02 Å². The van der Waals surface area contributed by atoms with Crippen LogP contribution in [0, 0.1) is 0 Å². The number of rotatable bonds is 5. The average Bonchev–Trinajstić information content (AvgIpc) is 2.61. The van der Waals surface area contributed by atoms with Crippen LogP contribution in [-0.2, 0) is 0 Å². The summed E-state index contributed by atoms with van der Waals surface area (Å²) in [6.45, 7) is 0. The third-order valence-corrected chi connectivity index (χ3v) is 3.87. The van der Waals surface area contributed by atoms with Crippen LogP contribution in [0.3, 0.4) is 0 Å². The average molecular weight is 355 g/mol. The number of primary amides is 1. The summed E-state index contributed by atoms with van der Waals surface area (Å²) < 4.78 is 5.37. The lowest BCUT2D eigenvalue weighted by molar-refractivity contribution is 0.100. The van der Waals surface area contributed by atoms with Gasteiger partial charge in [0.15, 0.2) is 0 Å². The van der Waals surface area contributed by atoms with E-state index in [1.165, 1.54) is 6.33 Å². The lowest BCUT2D eigenvalue weighted by atomic mass is 10.1. The van der Waals surface area contributed by atoms with Crippen LogP contribution >= 0.6 is 11.6 Å². The molecular formula is C18H15ClN4O2. The number of nitrogens with two attached hydrogens (primary N) is 1. The smallest absolute Gasteiger partial charge is 0.250 e. The van der Waals surface area contributed by atoms with Crippen LogP contribution in [0.25, 0.3) is 11.3 Å². The molecule has 25 heavy (non-hydrogen) atoms. The number of anilines is 2. The van der Waals surface area contributed by atoms with Crippen LogP contribution < -0.4 is 15.8 Å². The molecule has 0 fully saturated rings. The van der Waals surface area contributed by atoms with Crippen molar-refractivity contribution in [2.45, 2.75) is 0 Å². The van der Waals surface area contributed by atoms with Gasteiger partial charge in [0.2, 0.25) is 5.91 Å². The van der Waals surface area contributed by atoms with Gasteiger partial charge in [-0.05, 0) is 30.3 Å². The highest BCUT2D eigenvalue weighted by molar-refractivity contribution is 6.34. The van der Waals surface area contributed by atoms with Crippen molar-refractivity contribution in [1.82, 2.24) is 9.97 Å². The van der Waals surface area contributed by atoms with Gasteiger partial charge in [-0.1, -0.05) is 23.7 Å². The standard InChI is InChI=1S/C18H15ClN4O2/c1-25-16-5-3-2-4-13(16)15-9-17(22-10-21-15)23-11-6-7-12(18(20)24)14(19)8-11/h2-10H,1H3,(H2,20,24)(H,21,22,23). The minimum absolute atomic E-state index is 0.268. The molecule has 3 rings (SSSR count). The highest BCUT2D eigenvalue weighted by Crippen LogP contribution is 2.29. The molecular weight excluding hydrogens is 340 g/mol. The second-order valence-electron chi connectivity index (χ2n) is 5.17. The van der Waals surface area contributed by atoms with Crippen molar-refractivity contribution in [2.75, 3.05) is 12.4 Å². The van der Waals surface area contributed by atoms with E-state index >= 15 is 0 Å². The van der Waals surface area contributed by atoms with Gasteiger partial charge in [-0.3, -0.25) is 4.79 Å². The number of carbonyl (C=O) groups is 1. The molecule has 1 heterocycles. The van der Waals surface area contributed by atoms with Gasteiger partial charge in [0, 0.05) is 17.3 Å². The first-order valence-electron chi connectivity index (χ1n) is 7.40. The summed E-state index contributed by atoms with van der Waals surface area (Å²) in [5.41, 5.74) is 7.78. The Balaban J connectivity index is 1.90. The van der Waals surface area contributed by atoms with Gasteiger partial charge in [-0.25, -0.2) is 9.97 Å². The van der Waals surface area contributed by atoms with Crippen molar-refractivity contribution in [1.29, 1.82) is 0 Å². The number of amides is 1. The van der Waals surface area contributed by atoms with E-state index in [9.17, 15) is 4.79 Å². The number of halogens is 1. The van der Waals surface area contributed by atoms with E-state index in [0.717, 1.165) is 17.0 Å². The normalized spacial score (nSPS) is 10.3. The molecule has 6 nitrogen and oxygen atoms in total. The van der Waals surface area contributed by atoms with E-state index in [1.807, 2.05) is 24.3 Å². The maximum absolute atomic E-state index is 11.2. The molecule has 0 saturated carbocycles. The molecule has 0 aliphatic rings. The molecule has 3 aromatic rings. The number of nitrogens with zero attached hydrogens (tertiary/aromatic N) is 2. The largest absolute Gasteiger partial charge is 0.496 e. The van der Waals surface area contributed by atoms with Crippen molar-refractivity contribution >= 4 is 29.0 Å². The minimum atomic E-state index is -0.572. The number of ether oxygens (including phenoxy) is 1. The molecule has 1 amide bonds. The summed E-state index contributed by atoms with van der Waals surface area (Å²) in [7, 11) is 1.61. The van der Waals surface area contributed by atoms with Crippen molar-refractivity contribution in [3.63, 3.8) is 0 Å². The first-order valence-corrected chi connectivity index (χ1v) is 7.78. The second-order valence-corrected chi connectivity index (χ2v) is 5.58. The highest BCUT2D eigenvalue weighted by atomic mass is 35.5. The maximum Gasteiger partial charge on any atom is 0.250 e. The summed E-state index contributed by atoms with van der Waals surface area (Å²) >= 11 is 6.07. The van der Waals surface area contributed by atoms with Gasteiger partial charge in [0.25, 0.3) is 0 Å². The van der Waals surface area contributed by atoms with Gasteiger partial charge in [-0.15, -0.1) is 0 Å². The zero-order chi connectivity index (χ0) is 17.8. The number of benzene rings is 2. The summed E-state index contributed by atoms with van der Waals surface area (Å²) in [6, 6.07) is 14.3. The summed E-state index contributed by atoms with van der Waals surface area (Å²) in [4.78, 5) is 19.7. The Labute approximate surface area is 149 Å². The van der Waals surface area contributed by atoms with Crippen LogP contribution in [-0.4, -0.2) is 23.0 Å². The Morgan fingerprint density at radius 3 is 2.68 bits per heavy atom. The number of nitrogens with one attached hydrogen (secondary N) is 1. The lowest BCUT2D eigenvalue weighted by Crippen LogP contribution is -2.11. The Bertz CT molecular complexity index is 930. The van der Waals surface area contributed by atoms with E-state index in [-0.39, 0.29) is 10.6 Å². The zero-order valence-electron chi connectivity index (χ0n) is 13.4. The molecule has 0 aliphatic heterocycles. The highest BCUT2D eigenvalue weighted by Gasteiger charge is 2.10. The zero-order valence-corrected chi connectivity index (χ0v) is 14.1. The topological polar surface area (TPSA) is 90.1 Å². The fourth-order valence-electron chi connectivity index (χ4n) is 2.37. The van der Waals surface area contributed by atoms with E-state index < -0.39 is 5.91 Å². The number of aromatic nitrogens is 2. The van der Waals surface area contributed by atoms with Gasteiger partial charge in [0.1, 0.15) is 17.9 Å². The predicted molar refractivity (Wildman–Crippen MR) is 97.3 cm³/mol. The van der Waals surface area contributed by atoms with E-state index in [1.54, 1.807) is 31.4 Å². The lowest BCUT2D eigenvalue weighted by Gasteiger charge is -2.10. The summed E-state index contributed by atoms with van der Waals surface area (Å²) in [5.74, 6) is 0.733. The Morgan fingerprint density at radius 1 is 1.16 bits per heavy atom. The molecule has 1 aromatic heterocycles. The number of para-hydroxylation sites is 1. The summed E-state index contributed by atoms with van der Waals surface area (Å²) in [6.07, 6.45) is 1.46. The quantitative estimate of drug-likeness (QED) is 0.729. The first kappa shape index (κ1) is 16.7. The van der Waals surface area contributed by atoms with E-state index in [4.69, 9.17) is 22.1 Å². The molecule has 7 heteroatoms. The molecule has 2 aromatic carbocycles. The minimum Gasteiger partial charge on any atom is -0.496 e. The number of hydrogen-bond acceptors (Lipinski definition) is 5. The van der Waals surface area contributed by atoms with Gasteiger partial charge >= 0.3 is 0 Å². The van der Waals surface area contributed by atoms with Crippen molar-refractivity contribution in [3.8, 4) is 17.0 Å². The van der Waals surface area contributed by atoms with E-state index in [2.05, 4.69) is 15.3 Å². The molecule has 0 aliphatic carbocycles.